The molecule has 52 heavy (non-hydrogen) atoms. The number of aliphatic hydroxyl groups is 2. The van der Waals surface area contributed by atoms with Gasteiger partial charge in [0.05, 0.1) is 39.9 Å². The average molecular weight is 768 g/mol. The molecule has 0 bridgehead atoms. The van der Waals surface area contributed by atoms with Crippen LogP contribution in [0.1, 0.15) is 37.7 Å². The van der Waals surface area contributed by atoms with Crippen LogP contribution >= 0.6 is 0 Å². The zero-order valence-corrected chi connectivity index (χ0v) is 30.1. The van der Waals surface area contributed by atoms with E-state index in [0.29, 0.717) is 55.6 Å². The summed E-state index contributed by atoms with van der Waals surface area (Å²) in [6, 6.07) is 19.6. The SMILES string of the molecule is O=S(=O)(c1cccc(-c2ccc(CNCC(F)(F)F)cc2)c1)N1CCC2(CC1)C[C@H](NC[C@H](O)COc1cccc(S(=O)(=O)C3(CO)CC3)c1)CO2. The summed E-state index contributed by atoms with van der Waals surface area (Å²) in [6.07, 6.45) is -2.67. The van der Waals surface area contributed by atoms with Crippen molar-refractivity contribution in [1.82, 2.24) is 14.9 Å². The smallest absolute Gasteiger partial charge is 0.401 e. The van der Waals surface area contributed by atoms with E-state index >= 15 is 0 Å². The van der Waals surface area contributed by atoms with E-state index in [1.807, 2.05) is 0 Å². The van der Waals surface area contributed by atoms with Gasteiger partial charge < -0.3 is 30.3 Å². The Bertz CT molecular complexity index is 1920. The van der Waals surface area contributed by atoms with Crippen LogP contribution in [-0.4, -0.2) is 106 Å². The number of sulfone groups is 1. The largest absolute Gasteiger partial charge is 0.491 e. The van der Waals surface area contributed by atoms with Crippen LogP contribution in [0.4, 0.5) is 13.2 Å². The first-order valence-electron chi connectivity index (χ1n) is 17.2. The number of rotatable bonds is 15. The van der Waals surface area contributed by atoms with Gasteiger partial charge in [0, 0.05) is 32.2 Å². The van der Waals surface area contributed by atoms with E-state index in [1.165, 1.54) is 16.4 Å². The fourth-order valence-corrected chi connectivity index (χ4v) is 10.1. The van der Waals surface area contributed by atoms with E-state index in [9.17, 15) is 40.2 Å². The Morgan fingerprint density at radius 3 is 2.29 bits per heavy atom. The van der Waals surface area contributed by atoms with Gasteiger partial charge in [0.1, 0.15) is 18.5 Å². The molecule has 4 N–H and O–H groups in total. The number of hydrogen-bond acceptors (Lipinski definition) is 10. The molecule has 1 aliphatic carbocycles. The minimum Gasteiger partial charge on any atom is -0.491 e. The maximum atomic E-state index is 13.7. The Morgan fingerprint density at radius 1 is 0.923 bits per heavy atom. The summed E-state index contributed by atoms with van der Waals surface area (Å²) in [5.41, 5.74) is 1.62. The van der Waals surface area contributed by atoms with Crippen LogP contribution < -0.4 is 15.4 Å². The summed E-state index contributed by atoms with van der Waals surface area (Å²) in [5.74, 6) is 0.304. The van der Waals surface area contributed by atoms with Gasteiger partial charge in [-0.15, -0.1) is 0 Å². The van der Waals surface area contributed by atoms with Crippen molar-refractivity contribution in [3.8, 4) is 16.9 Å². The van der Waals surface area contributed by atoms with E-state index in [4.69, 9.17) is 9.47 Å². The van der Waals surface area contributed by atoms with Gasteiger partial charge in [-0.2, -0.15) is 17.5 Å². The molecule has 2 heterocycles. The van der Waals surface area contributed by atoms with Crippen molar-refractivity contribution < 1.29 is 49.7 Å². The molecular formula is C36H44F3N3O8S2. The summed E-state index contributed by atoms with van der Waals surface area (Å²) in [7, 11) is -7.50. The highest BCUT2D eigenvalue weighted by Crippen LogP contribution is 2.46. The van der Waals surface area contributed by atoms with Crippen LogP contribution in [0.15, 0.2) is 82.6 Å². The molecule has 1 spiro atoms. The molecule has 6 rings (SSSR count). The Kier molecular flexibility index (Phi) is 11.4. The molecular weight excluding hydrogens is 724 g/mol. The predicted octanol–water partition coefficient (Wildman–Crippen LogP) is 3.65. The lowest BCUT2D eigenvalue weighted by Crippen LogP contribution is -2.47. The molecule has 0 radical (unpaired) electrons. The average Bonchev–Trinajstić information content (AvgIpc) is 3.86. The number of alkyl halides is 3. The van der Waals surface area contributed by atoms with E-state index in [2.05, 4.69) is 10.6 Å². The molecule has 3 fully saturated rings. The zero-order chi connectivity index (χ0) is 37.2. The Balaban J connectivity index is 0.961. The molecule has 0 aromatic heterocycles. The third-order valence-electron chi connectivity index (χ3n) is 10.1. The number of benzene rings is 3. The first-order chi connectivity index (χ1) is 24.6. The number of nitrogens with zero attached hydrogens (tertiary/aromatic N) is 1. The Labute approximate surface area is 302 Å². The molecule has 284 valence electrons. The predicted molar refractivity (Wildman–Crippen MR) is 187 cm³/mol. The second-order valence-electron chi connectivity index (χ2n) is 13.9. The fraction of sp³-hybridized carbons (Fsp3) is 0.500. The molecule has 2 saturated heterocycles. The van der Waals surface area contributed by atoms with Crippen LogP contribution in [0.3, 0.4) is 0 Å². The fourth-order valence-electron chi connectivity index (χ4n) is 6.79. The van der Waals surface area contributed by atoms with Crippen LogP contribution in [-0.2, 0) is 31.1 Å². The molecule has 2 aliphatic heterocycles. The molecule has 0 amide bonds. The van der Waals surface area contributed by atoms with Crippen molar-refractivity contribution in [1.29, 1.82) is 0 Å². The minimum absolute atomic E-state index is 0.0528. The third-order valence-corrected chi connectivity index (χ3v) is 14.6. The van der Waals surface area contributed by atoms with Gasteiger partial charge in [0.15, 0.2) is 9.84 Å². The number of sulfonamides is 1. The standard InChI is InChI=1S/C36H44F3N3O8S2/c37-36(38,39)24-40-20-26-7-9-27(10-8-26)28-3-1-6-33(17-28)52(47,48)42-15-13-34(14-16-42)19-29(22-50-34)41-21-30(44)23-49-31-4-2-5-32(18-31)51(45,46)35(25-43)11-12-35/h1-10,17-18,29-30,40-41,43-44H,11-16,19-25H2/t29-,30-/m0/s1. The Hall–Kier alpha value is -3.09. The number of halogens is 3. The number of aliphatic hydroxyl groups excluding tert-OH is 2. The van der Waals surface area contributed by atoms with Gasteiger partial charge in [0.25, 0.3) is 0 Å². The van der Waals surface area contributed by atoms with E-state index < -0.39 is 55.6 Å². The normalized spacial score (nSPS) is 20.9. The van der Waals surface area contributed by atoms with Crippen molar-refractivity contribution in [2.75, 3.05) is 46.0 Å². The van der Waals surface area contributed by atoms with Gasteiger partial charge in [-0.25, -0.2) is 16.8 Å². The molecule has 1 saturated carbocycles. The van der Waals surface area contributed by atoms with Gasteiger partial charge in [-0.1, -0.05) is 42.5 Å². The van der Waals surface area contributed by atoms with Gasteiger partial charge >= 0.3 is 6.18 Å². The molecule has 0 unspecified atom stereocenters. The molecule has 3 aromatic carbocycles. The maximum Gasteiger partial charge on any atom is 0.401 e. The molecule has 11 nitrogen and oxygen atoms in total. The summed E-state index contributed by atoms with van der Waals surface area (Å²) >= 11 is 0. The van der Waals surface area contributed by atoms with Gasteiger partial charge in [0.2, 0.25) is 10.0 Å². The second-order valence-corrected chi connectivity index (χ2v) is 18.2. The van der Waals surface area contributed by atoms with Crippen molar-refractivity contribution >= 4 is 19.9 Å². The Morgan fingerprint density at radius 2 is 1.62 bits per heavy atom. The van der Waals surface area contributed by atoms with Gasteiger partial charge in [-0.3, -0.25) is 0 Å². The van der Waals surface area contributed by atoms with Crippen LogP contribution in [0.2, 0.25) is 0 Å². The number of ether oxygens (including phenoxy) is 2. The number of nitrogens with one attached hydrogen (secondary N) is 2. The van der Waals surface area contributed by atoms with Crippen molar-refractivity contribution in [3.63, 3.8) is 0 Å². The highest BCUT2D eigenvalue weighted by atomic mass is 32.2. The molecule has 3 aromatic rings. The maximum absolute atomic E-state index is 13.7. The number of piperidine rings is 1. The zero-order valence-electron chi connectivity index (χ0n) is 28.5. The lowest BCUT2D eigenvalue weighted by atomic mass is 9.88. The summed E-state index contributed by atoms with van der Waals surface area (Å²) in [4.78, 5) is 0.236. The first-order valence-corrected chi connectivity index (χ1v) is 20.2. The van der Waals surface area contributed by atoms with E-state index in [0.717, 1.165) is 5.56 Å². The molecule has 16 heteroatoms. The molecule has 2 atom stereocenters. The molecule has 3 aliphatic rings. The van der Waals surface area contributed by atoms with Crippen LogP contribution in [0, 0.1) is 0 Å². The van der Waals surface area contributed by atoms with E-state index in [1.54, 1.807) is 60.7 Å². The summed E-state index contributed by atoms with van der Waals surface area (Å²) in [5, 5.41) is 25.8. The monoisotopic (exact) mass is 767 g/mol. The van der Waals surface area contributed by atoms with Crippen LogP contribution in [0.5, 0.6) is 5.75 Å². The lowest BCUT2D eigenvalue weighted by Gasteiger charge is -2.38. The summed E-state index contributed by atoms with van der Waals surface area (Å²) < 4.78 is 103. The highest BCUT2D eigenvalue weighted by Gasteiger charge is 2.54. The topological polar surface area (TPSA) is 154 Å². The van der Waals surface area contributed by atoms with Crippen LogP contribution in [0.25, 0.3) is 11.1 Å². The number of hydrogen-bond donors (Lipinski definition) is 4. The van der Waals surface area contributed by atoms with Crippen molar-refractivity contribution in [2.45, 2.75) is 77.1 Å². The van der Waals surface area contributed by atoms with Gasteiger partial charge in [-0.05, 0) is 79.1 Å². The lowest BCUT2D eigenvalue weighted by molar-refractivity contribution is -0.125. The quantitative estimate of drug-likeness (QED) is 0.180. The third kappa shape index (κ3) is 8.81. The second kappa shape index (κ2) is 15.3. The van der Waals surface area contributed by atoms with E-state index in [-0.39, 0.29) is 48.6 Å². The van der Waals surface area contributed by atoms with Crippen molar-refractivity contribution in [2.24, 2.45) is 0 Å². The highest BCUT2D eigenvalue weighted by molar-refractivity contribution is 7.93. The minimum atomic E-state index is -4.29. The van der Waals surface area contributed by atoms with Crippen molar-refractivity contribution in [3.05, 3.63) is 78.4 Å². The first kappa shape index (κ1) is 38.6. The summed E-state index contributed by atoms with van der Waals surface area (Å²) in [6.45, 7) is -0.334.